The van der Waals surface area contributed by atoms with Gasteiger partial charge in [0.25, 0.3) is 0 Å². The van der Waals surface area contributed by atoms with Crippen LogP contribution in [0.25, 0.3) is 0 Å². The number of carboxylic acid groups (broad SMARTS) is 2. The molecule has 2 saturated heterocycles. The van der Waals surface area contributed by atoms with Gasteiger partial charge in [0, 0.05) is 18.8 Å². The first-order chi connectivity index (χ1) is 11.7. The fraction of sp³-hybridized carbons (Fsp3) is 0.692. The first-order valence-corrected chi connectivity index (χ1v) is 8.12. The molecule has 25 heavy (non-hydrogen) atoms. The van der Waals surface area contributed by atoms with E-state index in [0.29, 0.717) is 5.75 Å². The molecule has 0 bridgehead atoms. The van der Waals surface area contributed by atoms with Gasteiger partial charge in [0.2, 0.25) is 11.8 Å². The highest BCUT2D eigenvalue weighted by atomic mass is 32.1. The van der Waals surface area contributed by atoms with Crippen LogP contribution < -0.4 is 21.3 Å². The second-order valence-electron chi connectivity index (χ2n) is 5.57. The summed E-state index contributed by atoms with van der Waals surface area (Å²) in [5, 5.41) is 36.3. The Hall–Kier alpha value is -1.89. The third kappa shape index (κ3) is 6.16. The van der Waals surface area contributed by atoms with Crippen LogP contribution in [-0.2, 0) is 19.2 Å². The highest BCUT2D eigenvalue weighted by Crippen LogP contribution is 2.00. The summed E-state index contributed by atoms with van der Waals surface area (Å²) in [6.07, 6.45) is -0.824. The van der Waals surface area contributed by atoms with E-state index in [1.54, 1.807) is 0 Å². The van der Waals surface area contributed by atoms with Crippen LogP contribution in [0.15, 0.2) is 0 Å². The van der Waals surface area contributed by atoms with Gasteiger partial charge < -0.3 is 36.6 Å². The molecule has 0 spiro atoms. The molecule has 2 aliphatic rings. The third-order valence-electron chi connectivity index (χ3n) is 3.60. The number of piperazine rings is 2. The number of thiol groups is 1. The van der Waals surface area contributed by atoms with Crippen LogP contribution in [0, 0.1) is 0 Å². The number of aliphatic carboxylic acids is 2. The number of hydrogen-bond donors (Lipinski definition) is 8. The quantitative estimate of drug-likeness (QED) is 0.229. The Balaban J connectivity index is 0.000000251. The number of aliphatic hydroxyl groups is 1. The number of amides is 2. The molecule has 2 amide bonds. The van der Waals surface area contributed by atoms with Gasteiger partial charge in [-0.25, -0.2) is 9.59 Å². The molecule has 2 aliphatic heterocycles. The maximum atomic E-state index is 11.2. The summed E-state index contributed by atoms with van der Waals surface area (Å²) in [4.78, 5) is 43.1. The van der Waals surface area contributed by atoms with Gasteiger partial charge in [0.05, 0.1) is 12.1 Å². The van der Waals surface area contributed by atoms with E-state index in [0.717, 1.165) is 0 Å². The lowest BCUT2D eigenvalue weighted by atomic mass is 10.1. The number of nitrogens with one attached hydrogen (secondary N) is 4. The Bertz CT molecular complexity index is 531. The zero-order chi connectivity index (χ0) is 19.1. The molecule has 7 N–H and O–H groups in total. The second-order valence-corrected chi connectivity index (χ2v) is 5.93. The topological polar surface area (TPSA) is 177 Å². The molecule has 2 rings (SSSR count). The van der Waals surface area contributed by atoms with Crippen molar-refractivity contribution in [1.29, 1.82) is 0 Å². The molecular weight excluding hydrogens is 356 g/mol. The van der Waals surface area contributed by atoms with Crippen molar-refractivity contribution >= 4 is 36.4 Å². The van der Waals surface area contributed by atoms with Gasteiger partial charge in [-0.15, -0.1) is 0 Å². The minimum Gasteiger partial charge on any atom is -0.480 e. The highest BCUT2D eigenvalue weighted by molar-refractivity contribution is 7.80. The van der Waals surface area contributed by atoms with E-state index in [1.807, 2.05) is 0 Å². The average molecular weight is 378 g/mol. The number of aliphatic hydroxyl groups excluding tert-OH is 1. The molecule has 0 saturated carbocycles. The second kappa shape index (κ2) is 9.56. The monoisotopic (exact) mass is 378 g/mol. The van der Waals surface area contributed by atoms with Crippen molar-refractivity contribution in [2.45, 2.75) is 37.2 Å². The molecule has 0 aromatic carbocycles. The first kappa shape index (κ1) is 21.2. The lowest BCUT2D eigenvalue weighted by Crippen LogP contribution is -2.63. The molecule has 11 nitrogen and oxygen atoms in total. The number of carbonyl (C=O) groups excluding carboxylic acids is 2. The van der Waals surface area contributed by atoms with Gasteiger partial charge in [0.15, 0.2) is 0 Å². The van der Waals surface area contributed by atoms with E-state index in [9.17, 15) is 19.2 Å². The molecule has 5 unspecified atom stereocenters. The molecule has 2 heterocycles. The minimum absolute atomic E-state index is 0.136. The van der Waals surface area contributed by atoms with Crippen LogP contribution in [0.4, 0.5) is 0 Å². The van der Waals surface area contributed by atoms with E-state index in [1.165, 1.54) is 6.92 Å². The summed E-state index contributed by atoms with van der Waals surface area (Å²) in [5.41, 5.74) is 0. The van der Waals surface area contributed by atoms with Crippen molar-refractivity contribution in [3.8, 4) is 0 Å². The van der Waals surface area contributed by atoms with Gasteiger partial charge in [-0.3, -0.25) is 9.59 Å². The molecule has 12 heteroatoms. The lowest BCUT2D eigenvalue weighted by Gasteiger charge is -2.29. The number of carbonyl (C=O) groups is 4. The third-order valence-corrected chi connectivity index (χ3v) is 3.97. The number of rotatable bonds is 4. The van der Waals surface area contributed by atoms with Crippen molar-refractivity contribution in [2.24, 2.45) is 0 Å². The van der Waals surface area contributed by atoms with Crippen LogP contribution >= 0.6 is 12.6 Å². The maximum Gasteiger partial charge on any atom is 0.327 e. The smallest absolute Gasteiger partial charge is 0.327 e. The minimum atomic E-state index is -1.08. The average Bonchev–Trinajstić information content (AvgIpc) is 2.54. The molecule has 2 fully saturated rings. The predicted molar refractivity (Wildman–Crippen MR) is 88.2 cm³/mol. The summed E-state index contributed by atoms with van der Waals surface area (Å²) in [6, 6.07) is -2.80. The SMILES string of the molecule is CC(O)C1NCC(C(=O)O)NC1=O.O=C(O)C1CNC(CS)C(=O)N1. The van der Waals surface area contributed by atoms with Gasteiger partial charge in [-0.2, -0.15) is 12.6 Å². The lowest BCUT2D eigenvalue weighted by molar-refractivity contribution is -0.144. The molecule has 0 aromatic rings. The van der Waals surface area contributed by atoms with Crippen LogP contribution in [0.2, 0.25) is 0 Å². The normalized spacial score (nSPS) is 30.2. The van der Waals surface area contributed by atoms with Gasteiger partial charge in [-0.1, -0.05) is 0 Å². The molecule has 0 radical (unpaired) electrons. The molecule has 0 aromatic heterocycles. The summed E-state index contributed by atoms with van der Waals surface area (Å²) in [7, 11) is 0. The van der Waals surface area contributed by atoms with Crippen molar-refractivity contribution in [2.75, 3.05) is 18.8 Å². The van der Waals surface area contributed by atoms with Gasteiger partial charge in [0.1, 0.15) is 18.1 Å². The van der Waals surface area contributed by atoms with Gasteiger partial charge in [-0.05, 0) is 6.92 Å². The Labute approximate surface area is 148 Å². The highest BCUT2D eigenvalue weighted by Gasteiger charge is 2.33. The zero-order valence-corrected chi connectivity index (χ0v) is 14.3. The molecule has 5 atom stereocenters. The van der Waals surface area contributed by atoms with E-state index >= 15 is 0 Å². The molecule has 142 valence electrons. The number of hydrogen-bond acceptors (Lipinski definition) is 8. The largest absolute Gasteiger partial charge is 0.480 e. The Morgan fingerprint density at radius 2 is 1.56 bits per heavy atom. The van der Waals surface area contributed by atoms with Gasteiger partial charge >= 0.3 is 11.9 Å². The standard InChI is InChI=1S/C7H12N2O4.C6H10N2O3S/c1-3(10)5-6(11)9-4(2-8-5)7(12)13;9-5-4(2-12)7-1-3(8-5)6(10)11/h3-5,8,10H,2H2,1H3,(H,9,11)(H,12,13);3-4,7,12H,1-2H2,(H,8,9)(H,10,11). The molecule has 0 aliphatic carbocycles. The van der Waals surface area contributed by atoms with Crippen LogP contribution in [0.1, 0.15) is 6.92 Å². The maximum absolute atomic E-state index is 11.2. The van der Waals surface area contributed by atoms with Crippen molar-refractivity contribution < 1.29 is 34.5 Å². The Morgan fingerprint density at radius 3 is 1.92 bits per heavy atom. The zero-order valence-electron chi connectivity index (χ0n) is 13.4. The Morgan fingerprint density at radius 1 is 1.08 bits per heavy atom. The van der Waals surface area contributed by atoms with E-state index in [4.69, 9.17) is 15.3 Å². The van der Waals surface area contributed by atoms with E-state index in [2.05, 4.69) is 33.9 Å². The van der Waals surface area contributed by atoms with Crippen LogP contribution in [0.3, 0.4) is 0 Å². The summed E-state index contributed by atoms with van der Waals surface area (Å²) >= 11 is 3.93. The van der Waals surface area contributed by atoms with Crippen molar-refractivity contribution in [3.05, 3.63) is 0 Å². The number of carboxylic acids is 2. The predicted octanol–water partition coefficient (Wildman–Crippen LogP) is -3.63. The van der Waals surface area contributed by atoms with Crippen molar-refractivity contribution in [1.82, 2.24) is 21.3 Å². The van der Waals surface area contributed by atoms with Crippen molar-refractivity contribution in [3.63, 3.8) is 0 Å². The fourth-order valence-corrected chi connectivity index (χ4v) is 2.46. The fourth-order valence-electron chi connectivity index (χ4n) is 2.16. The van der Waals surface area contributed by atoms with Crippen LogP contribution in [-0.4, -0.2) is 88.2 Å². The van der Waals surface area contributed by atoms with E-state index < -0.39 is 42.1 Å². The summed E-state index contributed by atoms with van der Waals surface area (Å²) < 4.78 is 0. The van der Waals surface area contributed by atoms with E-state index in [-0.39, 0.29) is 25.0 Å². The Kier molecular flexibility index (Phi) is 8.09. The van der Waals surface area contributed by atoms with Crippen LogP contribution in [0.5, 0.6) is 0 Å². The summed E-state index contributed by atoms with van der Waals surface area (Å²) in [6.45, 7) is 1.86. The molecular formula is C13H22N4O7S. The summed E-state index contributed by atoms with van der Waals surface area (Å²) in [5.74, 6) is -2.51. The first-order valence-electron chi connectivity index (χ1n) is 7.49.